The summed E-state index contributed by atoms with van der Waals surface area (Å²) in [5.74, 6) is -1.83. The third-order valence-corrected chi connectivity index (χ3v) is 6.08. The van der Waals surface area contributed by atoms with E-state index in [2.05, 4.69) is 10.4 Å². The van der Waals surface area contributed by atoms with Crippen LogP contribution in [0.5, 0.6) is 5.75 Å². The molecule has 0 unspecified atom stereocenters. The quantitative estimate of drug-likeness (QED) is 0.296. The number of nitrogens with one attached hydrogen (secondary N) is 1. The molecule has 0 atom stereocenters. The molecule has 0 aliphatic carbocycles. The number of anilines is 1. The maximum absolute atomic E-state index is 13.5. The van der Waals surface area contributed by atoms with Crippen LogP contribution in [0.2, 0.25) is 0 Å². The number of rotatable bonds is 7. The molecule has 1 N–H and O–H groups in total. The van der Waals surface area contributed by atoms with Crippen LogP contribution in [0, 0.1) is 18.6 Å². The average Bonchev–Trinajstić information content (AvgIpc) is 3.39. The summed E-state index contributed by atoms with van der Waals surface area (Å²) >= 11 is 0. The van der Waals surface area contributed by atoms with Crippen molar-refractivity contribution in [3.63, 3.8) is 0 Å². The standard InChI is InChI=1S/C29H23F2N3O4/c1-3-18-11-22-26(13-25(18)37-16-27(35)33-20-9-10-23(30)24(31)12-20)38-17(2)28(29(22)36)19-14-32-34(15-19)21-7-5-4-6-8-21/h4-15H,3,16H2,1-2H3,(H,33,35). The fraction of sp³-hybridized carbons (Fsp3) is 0.138. The molecule has 5 aromatic rings. The van der Waals surface area contributed by atoms with E-state index in [4.69, 9.17) is 9.15 Å². The molecule has 0 fully saturated rings. The number of carbonyl (C=O) groups excluding carboxylic acids is 1. The van der Waals surface area contributed by atoms with Gasteiger partial charge in [-0.1, -0.05) is 25.1 Å². The molecule has 0 aliphatic rings. The number of amides is 1. The van der Waals surface area contributed by atoms with E-state index < -0.39 is 17.5 Å². The molecule has 9 heteroatoms. The fourth-order valence-electron chi connectivity index (χ4n) is 4.21. The Morgan fingerprint density at radius 2 is 1.87 bits per heavy atom. The molecule has 5 rings (SSSR count). The van der Waals surface area contributed by atoms with Gasteiger partial charge in [0.15, 0.2) is 18.2 Å². The first-order valence-corrected chi connectivity index (χ1v) is 11.9. The zero-order valence-electron chi connectivity index (χ0n) is 20.6. The van der Waals surface area contributed by atoms with E-state index in [0.717, 1.165) is 17.8 Å². The third kappa shape index (κ3) is 4.90. The lowest BCUT2D eigenvalue weighted by Gasteiger charge is -2.13. The number of carbonyl (C=O) groups is 1. The van der Waals surface area contributed by atoms with E-state index in [0.29, 0.717) is 45.6 Å². The van der Waals surface area contributed by atoms with Gasteiger partial charge >= 0.3 is 0 Å². The molecule has 0 aliphatic heterocycles. The molecular weight excluding hydrogens is 492 g/mol. The first-order valence-electron chi connectivity index (χ1n) is 11.9. The number of aromatic nitrogens is 2. The molecule has 0 radical (unpaired) electrons. The molecule has 3 aromatic carbocycles. The Bertz CT molecular complexity index is 1710. The van der Waals surface area contributed by atoms with Crippen molar-refractivity contribution < 1.29 is 22.7 Å². The number of halogens is 2. The smallest absolute Gasteiger partial charge is 0.262 e. The van der Waals surface area contributed by atoms with Crippen molar-refractivity contribution in [3.8, 4) is 22.6 Å². The van der Waals surface area contributed by atoms with Crippen LogP contribution in [-0.4, -0.2) is 22.3 Å². The minimum atomic E-state index is -1.07. The summed E-state index contributed by atoms with van der Waals surface area (Å²) in [6.45, 7) is 3.23. The van der Waals surface area contributed by atoms with Gasteiger partial charge in [0.05, 0.1) is 22.8 Å². The van der Waals surface area contributed by atoms with Gasteiger partial charge in [-0.2, -0.15) is 5.10 Å². The number of hydrogen-bond donors (Lipinski definition) is 1. The molecule has 7 nitrogen and oxygen atoms in total. The van der Waals surface area contributed by atoms with E-state index in [1.54, 1.807) is 36.1 Å². The Morgan fingerprint density at radius 1 is 1.08 bits per heavy atom. The van der Waals surface area contributed by atoms with Gasteiger partial charge in [-0.3, -0.25) is 9.59 Å². The SMILES string of the molecule is CCc1cc2c(=O)c(-c3cnn(-c4ccccc4)c3)c(C)oc2cc1OCC(=O)Nc1ccc(F)c(F)c1. The average molecular weight is 516 g/mol. The first-order chi connectivity index (χ1) is 18.3. The first kappa shape index (κ1) is 24.9. The van der Waals surface area contributed by atoms with Crippen LogP contribution in [0.3, 0.4) is 0 Å². The maximum Gasteiger partial charge on any atom is 0.262 e. The van der Waals surface area contributed by atoms with E-state index >= 15 is 0 Å². The van der Waals surface area contributed by atoms with Gasteiger partial charge in [0, 0.05) is 29.6 Å². The second kappa shape index (κ2) is 10.3. The largest absolute Gasteiger partial charge is 0.483 e. The van der Waals surface area contributed by atoms with Crippen molar-refractivity contribution in [2.24, 2.45) is 0 Å². The molecule has 2 heterocycles. The number of benzene rings is 3. The summed E-state index contributed by atoms with van der Waals surface area (Å²) in [6.07, 6.45) is 3.94. The van der Waals surface area contributed by atoms with Crippen molar-refractivity contribution in [2.45, 2.75) is 20.3 Å². The minimum absolute atomic E-state index is 0.108. The highest BCUT2D eigenvalue weighted by molar-refractivity contribution is 5.92. The van der Waals surface area contributed by atoms with Crippen molar-refractivity contribution >= 4 is 22.6 Å². The van der Waals surface area contributed by atoms with Crippen LogP contribution in [0.1, 0.15) is 18.2 Å². The second-order valence-corrected chi connectivity index (χ2v) is 8.65. The number of ether oxygens (including phenoxy) is 1. The Hall–Kier alpha value is -4.79. The monoisotopic (exact) mass is 515 g/mol. The molecule has 0 bridgehead atoms. The van der Waals surface area contributed by atoms with Gasteiger partial charge in [0.1, 0.15) is 17.1 Å². The zero-order chi connectivity index (χ0) is 26.8. The summed E-state index contributed by atoms with van der Waals surface area (Å²) in [7, 11) is 0. The van der Waals surface area contributed by atoms with E-state index in [-0.39, 0.29) is 17.7 Å². The normalized spacial score (nSPS) is 11.1. The number of hydrogen-bond acceptors (Lipinski definition) is 5. The van der Waals surface area contributed by atoms with Crippen molar-refractivity contribution in [1.29, 1.82) is 0 Å². The highest BCUT2D eigenvalue weighted by Gasteiger charge is 2.18. The number of fused-ring (bicyclic) bond motifs is 1. The topological polar surface area (TPSA) is 86.4 Å². The number of para-hydroxylation sites is 1. The Balaban J connectivity index is 1.42. The van der Waals surface area contributed by atoms with Gasteiger partial charge in [0.25, 0.3) is 5.91 Å². The molecule has 0 spiro atoms. The van der Waals surface area contributed by atoms with Crippen LogP contribution in [-0.2, 0) is 11.2 Å². The van der Waals surface area contributed by atoms with Gasteiger partial charge in [-0.05, 0) is 49.2 Å². The number of nitrogens with zero attached hydrogens (tertiary/aromatic N) is 2. The summed E-state index contributed by atoms with van der Waals surface area (Å²) < 4.78 is 40.0. The van der Waals surface area contributed by atoms with Crippen LogP contribution in [0.25, 0.3) is 27.8 Å². The van der Waals surface area contributed by atoms with E-state index in [9.17, 15) is 18.4 Å². The van der Waals surface area contributed by atoms with Gasteiger partial charge < -0.3 is 14.5 Å². The Morgan fingerprint density at radius 3 is 2.61 bits per heavy atom. The summed E-state index contributed by atoms with van der Waals surface area (Å²) in [5, 5.41) is 7.24. The van der Waals surface area contributed by atoms with Crippen LogP contribution in [0.4, 0.5) is 14.5 Å². The van der Waals surface area contributed by atoms with Gasteiger partial charge in [-0.25, -0.2) is 13.5 Å². The van der Waals surface area contributed by atoms with Crippen LogP contribution >= 0.6 is 0 Å². The van der Waals surface area contributed by atoms with Crippen molar-refractivity contribution in [2.75, 3.05) is 11.9 Å². The van der Waals surface area contributed by atoms with Gasteiger partial charge in [-0.15, -0.1) is 0 Å². The summed E-state index contributed by atoms with van der Waals surface area (Å²) in [4.78, 5) is 25.9. The van der Waals surface area contributed by atoms with Crippen LogP contribution in [0.15, 0.2) is 82.3 Å². The predicted molar refractivity (Wildman–Crippen MR) is 140 cm³/mol. The number of aryl methyl sites for hydroxylation is 2. The second-order valence-electron chi connectivity index (χ2n) is 8.65. The molecule has 0 saturated heterocycles. The van der Waals surface area contributed by atoms with Gasteiger partial charge in [0.2, 0.25) is 5.43 Å². The Kier molecular flexibility index (Phi) is 6.74. The van der Waals surface area contributed by atoms with Crippen molar-refractivity contribution in [3.05, 3.63) is 106 Å². The molecule has 192 valence electrons. The van der Waals surface area contributed by atoms with E-state index in [1.165, 1.54) is 6.07 Å². The lowest BCUT2D eigenvalue weighted by molar-refractivity contribution is -0.118. The molecule has 2 aromatic heterocycles. The molecule has 38 heavy (non-hydrogen) atoms. The lowest BCUT2D eigenvalue weighted by atomic mass is 10.0. The zero-order valence-corrected chi connectivity index (χ0v) is 20.6. The third-order valence-electron chi connectivity index (χ3n) is 6.08. The fourth-order valence-corrected chi connectivity index (χ4v) is 4.21. The molecular formula is C29H23F2N3O4. The molecule has 0 saturated carbocycles. The Labute approximate surface area is 216 Å². The van der Waals surface area contributed by atoms with Crippen molar-refractivity contribution in [1.82, 2.24) is 9.78 Å². The van der Waals surface area contributed by atoms with Crippen LogP contribution < -0.4 is 15.5 Å². The summed E-state index contributed by atoms with van der Waals surface area (Å²) in [6, 6.07) is 15.9. The maximum atomic E-state index is 13.5. The predicted octanol–water partition coefficient (Wildman–Crippen LogP) is 5.81. The highest BCUT2D eigenvalue weighted by atomic mass is 19.2. The highest BCUT2D eigenvalue weighted by Crippen LogP contribution is 2.30. The van der Waals surface area contributed by atoms with E-state index in [1.807, 2.05) is 37.3 Å². The molecule has 1 amide bonds. The summed E-state index contributed by atoms with van der Waals surface area (Å²) in [5.41, 5.74) is 2.85. The minimum Gasteiger partial charge on any atom is -0.483 e. The lowest BCUT2D eigenvalue weighted by Crippen LogP contribution is -2.20.